The molecule has 0 saturated heterocycles. The predicted octanol–water partition coefficient (Wildman–Crippen LogP) is 4.37. The molecule has 0 saturated carbocycles. The molecule has 150 valence electrons. The summed E-state index contributed by atoms with van der Waals surface area (Å²) in [6, 6.07) is 14.3. The van der Waals surface area contributed by atoms with Gasteiger partial charge in [-0.1, -0.05) is 23.7 Å². The molecule has 0 atom stereocenters. The van der Waals surface area contributed by atoms with E-state index in [1.807, 2.05) is 24.3 Å². The van der Waals surface area contributed by atoms with Crippen molar-refractivity contribution in [1.82, 2.24) is 9.88 Å². The summed E-state index contributed by atoms with van der Waals surface area (Å²) in [5.74, 6) is 0.750. The van der Waals surface area contributed by atoms with Crippen molar-refractivity contribution in [2.75, 3.05) is 14.2 Å². The molecule has 1 amide bonds. The van der Waals surface area contributed by atoms with Crippen molar-refractivity contribution in [3.63, 3.8) is 0 Å². The fourth-order valence-corrected chi connectivity index (χ4v) is 2.93. The molecule has 0 radical (unpaired) electrons. The standard InChI is InChI=1S/C22H21ClN2O4/c1-25(14-15-3-5-17(6-4-15)22(27)28-2)21(26)12-11-20-24-13-19(29-20)16-7-9-18(23)10-8-16/h3-10,13H,11-12,14H2,1-2H3. The molecule has 29 heavy (non-hydrogen) atoms. The number of hydrogen-bond donors (Lipinski definition) is 0. The van der Waals surface area contributed by atoms with E-state index < -0.39 is 0 Å². The second-order valence-electron chi connectivity index (χ2n) is 6.56. The van der Waals surface area contributed by atoms with Crippen LogP contribution in [0.2, 0.25) is 5.02 Å². The van der Waals surface area contributed by atoms with E-state index in [4.69, 9.17) is 16.0 Å². The summed E-state index contributed by atoms with van der Waals surface area (Å²) in [5, 5.41) is 0.655. The zero-order valence-electron chi connectivity index (χ0n) is 16.2. The van der Waals surface area contributed by atoms with Crippen molar-refractivity contribution < 1.29 is 18.7 Å². The lowest BCUT2D eigenvalue weighted by molar-refractivity contribution is -0.130. The number of aryl methyl sites for hydroxylation is 1. The maximum atomic E-state index is 12.4. The highest BCUT2D eigenvalue weighted by atomic mass is 35.5. The molecule has 0 unspecified atom stereocenters. The van der Waals surface area contributed by atoms with Crippen LogP contribution in [0.1, 0.15) is 28.2 Å². The number of methoxy groups -OCH3 is 1. The highest BCUT2D eigenvalue weighted by molar-refractivity contribution is 6.30. The Balaban J connectivity index is 1.52. The molecular weight excluding hydrogens is 392 g/mol. The van der Waals surface area contributed by atoms with Crippen LogP contribution in [0.15, 0.2) is 59.1 Å². The third-order valence-corrected chi connectivity index (χ3v) is 4.71. The summed E-state index contributed by atoms with van der Waals surface area (Å²) in [7, 11) is 3.08. The summed E-state index contributed by atoms with van der Waals surface area (Å²) in [5.41, 5.74) is 2.28. The molecule has 2 aromatic carbocycles. The lowest BCUT2D eigenvalue weighted by Gasteiger charge is -2.17. The first-order valence-corrected chi connectivity index (χ1v) is 9.46. The Bertz CT molecular complexity index is 981. The highest BCUT2D eigenvalue weighted by Crippen LogP contribution is 2.22. The van der Waals surface area contributed by atoms with Gasteiger partial charge in [0.05, 0.1) is 18.9 Å². The largest absolute Gasteiger partial charge is 0.465 e. The number of rotatable bonds is 7. The normalized spacial score (nSPS) is 10.6. The van der Waals surface area contributed by atoms with Gasteiger partial charge in [-0.2, -0.15) is 0 Å². The topological polar surface area (TPSA) is 72.6 Å². The van der Waals surface area contributed by atoms with Crippen LogP contribution in [0.3, 0.4) is 0 Å². The van der Waals surface area contributed by atoms with Crippen LogP contribution in [-0.4, -0.2) is 35.9 Å². The number of ether oxygens (including phenoxy) is 1. The van der Waals surface area contributed by atoms with E-state index in [2.05, 4.69) is 9.72 Å². The SMILES string of the molecule is COC(=O)c1ccc(CN(C)C(=O)CCc2ncc(-c3ccc(Cl)cc3)o2)cc1. The van der Waals surface area contributed by atoms with Gasteiger partial charge in [0, 0.05) is 37.0 Å². The molecule has 1 heterocycles. The van der Waals surface area contributed by atoms with Gasteiger partial charge < -0.3 is 14.1 Å². The quantitative estimate of drug-likeness (QED) is 0.539. The molecule has 0 N–H and O–H groups in total. The summed E-state index contributed by atoms with van der Waals surface area (Å²) >= 11 is 5.90. The maximum absolute atomic E-state index is 12.4. The van der Waals surface area contributed by atoms with Crippen molar-refractivity contribution in [3.8, 4) is 11.3 Å². The first kappa shape index (κ1) is 20.6. The number of halogens is 1. The number of hydrogen-bond acceptors (Lipinski definition) is 5. The highest BCUT2D eigenvalue weighted by Gasteiger charge is 2.13. The smallest absolute Gasteiger partial charge is 0.337 e. The van der Waals surface area contributed by atoms with Crippen molar-refractivity contribution in [2.45, 2.75) is 19.4 Å². The van der Waals surface area contributed by atoms with Gasteiger partial charge in [0.1, 0.15) is 0 Å². The molecular formula is C22H21ClN2O4. The van der Waals surface area contributed by atoms with Crippen molar-refractivity contribution in [3.05, 3.63) is 76.8 Å². The Morgan fingerprint density at radius 2 is 1.79 bits per heavy atom. The minimum absolute atomic E-state index is 0.0201. The van der Waals surface area contributed by atoms with Gasteiger partial charge in [0.2, 0.25) is 5.91 Å². The molecule has 3 rings (SSSR count). The zero-order chi connectivity index (χ0) is 20.8. The van der Waals surface area contributed by atoms with Gasteiger partial charge in [-0.3, -0.25) is 4.79 Å². The number of carbonyl (C=O) groups excluding carboxylic acids is 2. The van der Waals surface area contributed by atoms with E-state index in [1.54, 1.807) is 42.4 Å². The molecule has 0 aliphatic heterocycles. The molecule has 0 aliphatic rings. The molecule has 6 nitrogen and oxygen atoms in total. The van der Waals surface area contributed by atoms with E-state index in [0.717, 1.165) is 11.1 Å². The third kappa shape index (κ3) is 5.45. The minimum Gasteiger partial charge on any atom is -0.465 e. The van der Waals surface area contributed by atoms with E-state index in [1.165, 1.54) is 7.11 Å². The first-order valence-electron chi connectivity index (χ1n) is 9.08. The number of carbonyl (C=O) groups is 2. The number of amides is 1. The van der Waals surface area contributed by atoms with Gasteiger partial charge in [0.15, 0.2) is 11.7 Å². The molecule has 3 aromatic rings. The van der Waals surface area contributed by atoms with Crippen LogP contribution in [0.4, 0.5) is 0 Å². The number of aromatic nitrogens is 1. The first-order chi connectivity index (χ1) is 14.0. The molecule has 0 spiro atoms. The molecule has 0 aliphatic carbocycles. The molecule has 0 bridgehead atoms. The van der Waals surface area contributed by atoms with Gasteiger partial charge in [-0.25, -0.2) is 9.78 Å². The van der Waals surface area contributed by atoms with E-state index in [-0.39, 0.29) is 18.3 Å². The Morgan fingerprint density at radius 1 is 1.10 bits per heavy atom. The number of nitrogens with zero attached hydrogens (tertiary/aromatic N) is 2. The van der Waals surface area contributed by atoms with Crippen LogP contribution in [-0.2, 0) is 22.5 Å². The Labute approximate surface area is 174 Å². The fraction of sp³-hybridized carbons (Fsp3) is 0.227. The van der Waals surface area contributed by atoms with Gasteiger partial charge in [-0.15, -0.1) is 0 Å². The van der Waals surface area contributed by atoms with Gasteiger partial charge >= 0.3 is 5.97 Å². The van der Waals surface area contributed by atoms with Crippen molar-refractivity contribution in [2.24, 2.45) is 0 Å². The fourth-order valence-electron chi connectivity index (χ4n) is 2.80. The lowest BCUT2D eigenvalue weighted by atomic mass is 10.1. The third-order valence-electron chi connectivity index (χ3n) is 4.46. The van der Waals surface area contributed by atoms with Gasteiger partial charge in [-0.05, 0) is 42.0 Å². The van der Waals surface area contributed by atoms with Crippen LogP contribution in [0.5, 0.6) is 0 Å². The summed E-state index contributed by atoms with van der Waals surface area (Å²) in [4.78, 5) is 29.8. The second kappa shape index (κ2) is 9.39. The average Bonchev–Trinajstić information content (AvgIpc) is 3.21. The van der Waals surface area contributed by atoms with Crippen LogP contribution < -0.4 is 0 Å². The average molecular weight is 413 g/mol. The van der Waals surface area contributed by atoms with Crippen LogP contribution in [0, 0.1) is 0 Å². The minimum atomic E-state index is -0.384. The summed E-state index contributed by atoms with van der Waals surface area (Å²) in [6.45, 7) is 0.446. The Hall–Kier alpha value is -3.12. The molecule has 1 aromatic heterocycles. The van der Waals surface area contributed by atoms with E-state index >= 15 is 0 Å². The van der Waals surface area contributed by atoms with Crippen molar-refractivity contribution in [1.29, 1.82) is 0 Å². The maximum Gasteiger partial charge on any atom is 0.337 e. The van der Waals surface area contributed by atoms with Gasteiger partial charge in [0.25, 0.3) is 0 Å². The molecule has 0 fully saturated rings. The number of benzene rings is 2. The summed E-state index contributed by atoms with van der Waals surface area (Å²) < 4.78 is 10.4. The lowest BCUT2D eigenvalue weighted by Crippen LogP contribution is -2.26. The Morgan fingerprint density at radius 3 is 2.45 bits per heavy atom. The van der Waals surface area contributed by atoms with E-state index in [0.29, 0.717) is 35.2 Å². The number of oxazole rings is 1. The van der Waals surface area contributed by atoms with Crippen LogP contribution >= 0.6 is 11.6 Å². The zero-order valence-corrected chi connectivity index (χ0v) is 17.0. The Kier molecular flexibility index (Phi) is 6.67. The summed E-state index contributed by atoms with van der Waals surface area (Å²) in [6.07, 6.45) is 2.35. The van der Waals surface area contributed by atoms with Crippen LogP contribution in [0.25, 0.3) is 11.3 Å². The predicted molar refractivity (Wildman–Crippen MR) is 110 cm³/mol. The van der Waals surface area contributed by atoms with Crippen molar-refractivity contribution >= 4 is 23.5 Å². The van der Waals surface area contributed by atoms with E-state index in [9.17, 15) is 9.59 Å². The number of esters is 1. The monoisotopic (exact) mass is 412 g/mol. The molecule has 7 heteroatoms. The second-order valence-corrected chi connectivity index (χ2v) is 7.00.